The molecule has 1 aromatic carbocycles. The van der Waals surface area contributed by atoms with Crippen molar-refractivity contribution in [2.75, 3.05) is 13.1 Å². The van der Waals surface area contributed by atoms with E-state index in [-0.39, 0.29) is 42.0 Å². The van der Waals surface area contributed by atoms with Gasteiger partial charge in [0, 0.05) is 25.7 Å². The SMILES string of the molecule is CCC[N+]1(CCC)[C@@H]2CC[C@H]1CC(OC(=O)C1CCCC=C1c1ccccc1)C2.[I-]. The smallest absolute Gasteiger partial charge is 0.313 e. The normalized spacial score (nSPS) is 29.6. The van der Waals surface area contributed by atoms with Crippen molar-refractivity contribution in [2.45, 2.75) is 89.8 Å². The van der Waals surface area contributed by atoms with Gasteiger partial charge in [-0.1, -0.05) is 50.3 Å². The quantitative estimate of drug-likeness (QED) is 0.312. The van der Waals surface area contributed by atoms with Crippen LogP contribution in [0.3, 0.4) is 0 Å². The summed E-state index contributed by atoms with van der Waals surface area (Å²) in [6.07, 6.45) is 12.7. The average Bonchev–Trinajstić information content (AvgIpc) is 2.92. The van der Waals surface area contributed by atoms with E-state index in [0.717, 1.165) is 32.1 Å². The number of nitrogens with zero attached hydrogens (tertiary/aromatic N) is 1. The molecule has 2 bridgehead atoms. The summed E-state index contributed by atoms with van der Waals surface area (Å²) in [4.78, 5) is 13.2. The average molecular weight is 523 g/mol. The van der Waals surface area contributed by atoms with Crippen molar-refractivity contribution in [1.82, 2.24) is 0 Å². The summed E-state index contributed by atoms with van der Waals surface area (Å²) in [6.45, 7) is 7.24. The lowest BCUT2D eigenvalue weighted by Crippen LogP contribution is -3.00. The summed E-state index contributed by atoms with van der Waals surface area (Å²) < 4.78 is 7.53. The van der Waals surface area contributed by atoms with Crippen LogP contribution in [0.15, 0.2) is 36.4 Å². The summed E-state index contributed by atoms with van der Waals surface area (Å²) in [5.74, 6) is -0.0635. The Morgan fingerprint density at radius 1 is 1.00 bits per heavy atom. The predicted octanol–water partition coefficient (Wildman–Crippen LogP) is 2.75. The van der Waals surface area contributed by atoms with Gasteiger partial charge in [-0.25, -0.2) is 0 Å². The Labute approximate surface area is 199 Å². The second kappa shape index (κ2) is 10.6. The van der Waals surface area contributed by atoms with E-state index in [1.165, 1.54) is 54.4 Å². The fourth-order valence-corrected chi connectivity index (χ4v) is 6.64. The van der Waals surface area contributed by atoms with Crippen molar-refractivity contribution in [3.63, 3.8) is 0 Å². The van der Waals surface area contributed by atoms with Crippen LogP contribution < -0.4 is 24.0 Å². The van der Waals surface area contributed by atoms with Crippen molar-refractivity contribution in [3.05, 3.63) is 42.0 Å². The number of rotatable bonds is 7. The molecule has 0 aromatic heterocycles. The van der Waals surface area contributed by atoms with Crippen LogP contribution in [0, 0.1) is 5.92 Å². The first-order valence-electron chi connectivity index (χ1n) is 12.0. The van der Waals surface area contributed by atoms with Crippen LogP contribution in [0.2, 0.25) is 0 Å². The maximum Gasteiger partial charge on any atom is 0.313 e. The van der Waals surface area contributed by atoms with Crippen LogP contribution in [0.4, 0.5) is 0 Å². The van der Waals surface area contributed by atoms with Gasteiger partial charge < -0.3 is 33.2 Å². The minimum atomic E-state index is -0.0868. The summed E-state index contributed by atoms with van der Waals surface area (Å²) in [5, 5.41) is 0. The van der Waals surface area contributed by atoms with E-state index >= 15 is 0 Å². The molecule has 30 heavy (non-hydrogen) atoms. The molecule has 3 nitrogen and oxygen atoms in total. The summed E-state index contributed by atoms with van der Waals surface area (Å²) in [6, 6.07) is 11.8. The first-order valence-corrected chi connectivity index (χ1v) is 12.0. The summed E-state index contributed by atoms with van der Waals surface area (Å²) >= 11 is 0. The van der Waals surface area contributed by atoms with E-state index in [9.17, 15) is 4.79 Å². The Morgan fingerprint density at radius 3 is 2.23 bits per heavy atom. The predicted molar refractivity (Wildman–Crippen MR) is 118 cm³/mol. The number of quaternary nitrogens is 1. The molecular formula is C26H38INO2. The molecule has 2 saturated heterocycles. The van der Waals surface area contributed by atoms with Gasteiger partial charge in [0.05, 0.1) is 31.1 Å². The lowest BCUT2D eigenvalue weighted by Gasteiger charge is -2.49. The molecule has 1 aliphatic carbocycles. The molecule has 0 radical (unpaired) electrons. The number of hydrogen-bond acceptors (Lipinski definition) is 2. The van der Waals surface area contributed by atoms with Gasteiger partial charge in [-0.2, -0.15) is 0 Å². The highest BCUT2D eigenvalue weighted by Gasteiger charge is 2.54. The molecule has 2 aliphatic heterocycles. The number of allylic oxidation sites excluding steroid dienone is 1. The van der Waals surface area contributed by atoms with Crippen molar-refractivity contribution in [1.29, 1.82) is 0 Å². The molecular weight excluding hydrogens is 485 g/mol. The molecule has 4 rings (SSSR count). The van der Waals surface area contributed by atoms with Crippen molar-refractivity contribution in [2.24, 2.45) is 5.92 Å². The maximum atomic E-state index is 13.2. The standard InChI is InChI=1S/C26H38NO2.HI/c1-3-16-27(17-4-2)21-14-15-22(27)19-23(18-21)29-26(28)25-13-9-8-12-24(25)20-10-6-5-7-11-20;/h5-7,10-12,21-23,25H,3-4,8-9,13-19H2,1-2H3;1H/q+1;/p-1/t21-,22+,23?,25?;. The van der Waals surface area contributed by atoms with Gasteiger partial charge >= 0.3 is 5.97 Å². The zero-order valence-corrected chi connectivity index (χ0v) is 20.9. The number of fused-ring (bicyclic) bond motifs is 2. The molecule has 2 fully saturated rings. The van der Waals surface area contributed by atoms with Crippen molar-refractivity contribution < 1.29 is 38.0 Å². The third kappa shape index (κ3) is 4.64. The van der Waals surface area contributed by atoms with E-state index in [2.05, 4.69) is 44.2 Å². The Kier molecular flexibility index (Phi) is 8.42. The number of ether oxygens (including phenoxy) is 1. The monoisotopic (exact) mass is 523 g/mol. The van der Waals surface area contributed by atoms with Gasteiger partial charge in [-0.3, -0.25) is 4.79 Å². The highest BCUT2D eigenvalue weighted by Crippen LogP contribution is 2.44. The Hall–Kier alpha value is -0.880. The van der Waals surface area contributed by atoms with Crippen LogP contribution in [-0.2, 0) is 9.53 Å². The molecule has 0 spiro atoms. The van der Waals surface area contributed by atoms with Crippen molar-refractivity contribution >= 4 is 11.5 Å². The van der Waals surface area contributed by atoms with Crippen LogP contribution >= 0.6 is 0 Å². The zero-order valence-electron chi connectivity index (χ0n) is 18.7. The number of carbonyl (C=O) groups excluding carboxylic acids is 1. The lowest BCUT2D eigenvalue weighted by atomic mass is 9.83. The fraction of sp³-hybridized carbons (Fsp3) is 0.654. The third-order valence-electron chi connectivity index (χ3n) is 7.75. The van der Waals surface area contributed by atoms with Crippen molar-refractivity contribution in [3.8, 4) is 0 Å². The van der Waals surface area contributed by atoms with Crippen LogP contribution in [0.1, 0.15) is 77.2 Å². The molecule has 0 saturated carbocycles. The van der Waals surface area contributed by atoms with Gasteiger partial charge in [0.1, 0.15) is 6.10 Å². The Bertz CT molecular complexity index is 710. The van der Waals surface area contributed by atoms with Gasteiger partial charge in [0.2, 0.25) is 0 Å². The molecule has 4 atom stereocenters. The summed E-state index contributed by atoms with van der Waals surface area (Å²) in [5.41, 5.74) is 2.36. The lowest BCUT2D eigenvalue weighted by molar-refractivity contribution is -0.966. The first-order chi connectivity index (χ1) is 14.2. The molecule has 1 aromatic rings. The van der Waals surface area contributed by atoms with E-state index in [0.29, 0.717) is 12.1 Å². The van der Waals surface area contributed by atoms with E-state index in [4.69, 9.17) is 4.74 Å². The largest absolute Gasteiger partial charge is 1.00 e. The number of halogens is 1. The number of piperidine rings is 1. The number of hydrogen-bond donors (Lipinski definition) is 0. The van der Waals surface area contributed by atoms with E-state index in [1.807, 2.05) is 6.07 Å². The van der Waals surface area contributed by atoms with E-state index < -0.39 is 0 Å². The fourth-order valence-electron chi connectivity index (χ4n) is 6.64. The third-order valence-corrected chi connectivity index (χ3v) is 7.75. The molecule has 2 heterocycles. The highest BCUT2D eigenvalue weighted by molar-refractivity contribution is 5.89. The molecule has 0 amide bonds. The number of benzene rings is 1. The van der Waals surface area contributed by atoms with E-state index in [1.54, 1.807) is 0 Å². The first kappa shape index (κ1) is 23.8. The zero-order chi connectivity index (χ0) is 20.3. The number of carbonyl (C=O) groups is 1. The summed E-state index contributed by atoms with van der Waals surface area (Å²) in [7, 11) is 0. The minimum absolute atomic E-state index is 0. The number of esters is 1. The van der Waals surface area contributed by atoms with Gasteiger partial charge in [0.15, 0.2) is 0 Å². The maximum absolute atomic E-state index is 13.2. The Morgan fingerprint density at radius 2 is 1.63 bits per heavy atom. The molecule has 2 unspecified atom stereocenters. The van der Waals surface area contributed by atoms with Gasteiger partial charge in [0.25, 0.3) is 0 Å². The molecule has 0 N–H and O–H groups in total. The highest BCUT2D eigenvalue weighted by atomic mass is 127. The molecule has 3 aliphatic rings. The Balaban J connectivity index is 0.00000256. The van der Waals surface area contributed by atoms with Crippen LogP contribution in [0.5, 0.6) is 0 Å². The van der Waals surface area contributed by atoms with Crippen LogP contribution in [-0.4, -0.2) is 41.7 Å². The van der Waals surface area contributed by atoms with Gasteiger partial charge in [-0.15, -0.1) is 0 Å². The van der Waals surface area contributed by atoms with Gasteiger partial charge in [-0.05, 0) is 43.2 Å². The van der Waals surface area contributed by atoms with Crippen LogP contribution in [0.25, 0.3) is 5.57 Å². The minimum Gasteiger partial charge on any atom is -1.00 e. The second-order valence-corrected chi connectivity index (χ2v) is 9.47. The topological polar surface area (TPSA) is 26.3 Å². The molecule has 166 valence electrons. The molecule has 4 heteroatoms. The second-order valence-electron chi connectivity index (χ2n) is 9.47.